The third-order valence-electron chi connectivity index (χ3n) is 2.57. The van der Waals surface area contributed by atoms with E-state index in [1.807, 2.05) is 42.6 Å². The Morgan fingerprint density at radius 1 is 1.25 bits per heavy atom. The number of hydrogen-bond acceptors (Lipinski definition) is 3. The molecule has 1 rings (SSSR count). The molecule has 3 heteroatoms. The summed E-state index contributed by atoms with van der Waals surface area (Å²) < 4.78 is 0. The zero-order valence-corrected chi connectivity index (χ0v) is 11.7. The molecule has 0 bridgehead atoms. The van der Waals surface area contributed by atoms with Crippen LogP contribution in [0.1, 0.15) is 5.56 Å². The topological polar surface area (TPSA) is 50.4 Å². The molecule has 1 aromatic rings. The van der Waals surface area contributed by atoms with Gasteiger partial charge in [-0.1, -0.05) is 56.1 Å². The van der Waals surface area contributed by atoms with Crippen molar-refractivity contribution in [3.63, 3.8) is 0 Å². The van der Waals surface area contributed by atoms with E-state index in [4.69, 9.17) is 5.73 Å². The molecule has 20 heavy (non-hydrogen) atoms. The average Bonchev–Trinajstić information content (AvgIpc) is 2.47. The standard InChI is InChI=1S/C17H21N3/c1-4-14(2)10-17(16-8-6-5-7-9-16)12-19-11-15(3)20-13-18/h4-10,12,20H,1-3,11,13,18H2/b17-10+,19-12?. The normalized spacial score (nSPS) is 11.3. The van der Waals surface area contributed by atoms with Crippen LogP contribution in [0, 0.1) is 0 Å². The first kappa shape index (κ1) is 15.7. The second-order valence-electron chi connectivity index (χ2n) is 4.20. The SMILES string of the molecule is C=CC(=C)/C=C(\C=NCC(=C)NCN)c1ccccc1. The molecule has 3 N–H and O–H groups in total. The largest absolute Gasteiger partial charge is 0.375 e. The lowest BCUT2D eigenvalue weighted by atomic mass is 10.0. The van der Waals surface area contributed by atoms with E-state index in [0.29, 0.717) is 13.2 Å². The van der Waals surface area contributed by atoms with Crippen molar-refractivity contribution in [2.45, 2.75) is 0 Å². The number of rotatable bonds is 8. The smallest absolute Gasteiger partial charge is 0.0780 e. The van der Waals surface area contributed by atoms with Crippen LogP contribution in [-0.4, -0.2) is 19.4 Å². The zero-order valence-electron chi connectivity index (χ0n) is 11.7. The van der Waals surface area contributed by atoms with Crippen molar-refractivity contribution < 1.29 is 0 Å². The first-order chi connectivity index (χ1) is 9.67. The highest BCUT2D eigenvalue weighted by Gasteiger charge is 1.98. The van der Waals surface area contributed by atoms with Crippen LogP contribution in [0.25, 0.3) is 5.57 Å². The van der Waals surface area contributed by atoms with Crippen molar-refractivity contribution in [2.24, 2.45) is 10.7 Å². The second kappa shape index (κ2) is 8.67. The summed E-state index contributed by atoms with van der Waals surface area (Å²) in [7, 11) is 0. The fraction of sp³-hybridized carbons (Fsp3) is 0.118. The minimum Gasteiger partial charge on any atom is -0.375 e. The third kappa shape index (κ3) is 5.50. The fourth-order valence-electron chi connectivity index (χ4n) is 1.54. The van der Waals surface area contributed by atoms with E-state index < -0.39 is 0 Å². The summed E-state index contributed by atoms with van der Waals surface area (Å²) in [5.74, 6) is 0. The molecule has 0 aliphatic rings. The second-order valence-corrected chi connectivity index (χ2v) is 4.20. The molecule has 0 aliphatic heterocycles. The Labute approximate surface area is 120 Å². The van der Waals surface area contributed by atoms with Crippen molar-refractivity contribution in [2.75, 3.05) is 13.2 Å². The molecule has 0 amide bonds. The minimum absolute atomic E-state index is 0.364. The highest BCUT2D eigenvalue weighted by atomic mass is 15.0. The third-order valence-corrected chi connectivity index (χ3v) is 2.57. The van der Waals surface area contributed by atoms with E-state index in [0.717, 1.165) is 22.4 Å². The molecule has 0 aliphatic carbocycles. The van der Waals surface area contributed by atoms with Crippen molar-refractivity contribution >= 4 is 11.8 Å². The number of nitrogens with zero attached hydrogens (tertiary/aromatic N) is 1. The van der Waals surface area contributed by atoms with Gasteiger partial charge in [0.2, 0.25) is 0 Å². The molecule has 0 saturated heterocycles. The van der Waals surface area contributed by atoms with Gasteiger partial charge < -0.3 is 11.1 Å². The van der Waals surface area contributed by atoms with Crippen LogP contribution in [0.5, 0.6) is 0 Å². The first-order valence-electron chi connectivity index (χ1n) is 6.37. The maximum Gasteiger partial charge on any atom is 0.0780 e. The van der Waals surface area contributed by atoms with Crippen LogP contribution in [-0.2, 0) is 0 Å². The predicted octanol–water partition coefficient (Wildman–Crippen LogP) is 2.90. The summed E-state index contributed by atoms with van der Waals surface area (Å²) in [6.45, 7) is 12.3. The van der Waals surface area contributed by atoms with Gasteiger partial charge in [0.1, 0.15) is 0 Å². The van der Waals surface area contributed by atoms with Crippen LogP contribution in [0.3, 0.4) is 0 Å². The van der Waals surface area contributed by atoms with E-state index in [1.54, 1.807) is 6.08 Å². The number of nitrogens with one attached hydrogen (secondary N) is 1. The van der Waals surface area contributed by atoms with Crippen molar-refractivity contribution in [1.29, 1.82) is 0 Å². The molecule has 0 aromatic heterocycles. The Morgan fingerprint density at radius 3 is 2.55 bits per heavy atom. The molecule has 0 fully saturated rings. The van der Waals surface area contributed by atoms with E-state index in [9.17, 15) is 0 Å². The molecular weight excluding hydrogens is 246 g/mol. The van der Waals surface area contributed by atoms with Gasteiger partial charge in [-0.3, -0.25) is 4.99 Å². The van der Waals surface area contributed by atoms with Gasteiger partial charge in [0, 0.05) is 17.5 Å². The lowest BCUT2D eigenvalue weighted by molar-refractivity contribution is 0.806. The predicted molar refractivity (Wildman–Crippen MR) is 88.4 cm³/mol. The summed E-state index contributed by atoms with van der Waals surface area (Å²) in [5.41, 5.74) is 9.07. The van der Waals surface area contributed by atoms with Crippen LogP contribution < -0.4 is 11.1 Å². The quantitative estimate of drug-likeness (QED) is 0.432. The molecule has 3 nitrogen and oxygen atoms in total. The summed E-state index contributed by atoms with van der Waals surface area (Å²) in [4.78, 5) is 4.37. The van der Waals surface area contributed by atoms with Crippen molar-refractivity contribution in [3.05, 3.63) is 79.1 Å². The van der Waals surface area contributed by atoms with Gasteiger partial charge in [-0.15, -0.1) is 0 Å². The Balaban J connectivity index is 2.87. The average molecular weight is 267 g/mol. The van der Waals surface area contributed by atoms with Crippen LogP contribution in [0.2, 0.25) is 0 Å². The molecular formula is C17H21N3. The minimum atomic E-state index is 0.364. The van der Waals surface area contributed by atoms with E-state index in [1.165, 1.54) is 0 Å². The lowest BCUT2D eigenvalue weighted by Gasteiger charge is -2.05. The Hall–Kier alpha value is -2.39. The fourth-order valence-corrected chi connectivity index (χ4v) is 1.54. The number of benzene rings is 1. The molecule has 0 unspecified atom stereocenters. The van der Waals surface area contributed by atoms with Crippen LogP contribution in [0.4, 0.5) is 0 Å². The van der Waals surface area contributed by atoms with E-state index in [-0.39, 0.29) is 0 Å². The monoisotopic (exact) mass is 267 g/mol. The molecule has 0 saturated carbocycles. The summed E-state index contributed by atoms with van der Waals surface area (Å²) in [6, 6.07) is 10.0. The van der Waals surface area contributed by atoms with Crippen LogP contribution in [0.15, 0.2) is 78.5 Å². The Bertz CT molecular complexity index is 524. The summed E-state index contributed by atoms with van der Waals surface area (Å²) in [5, 5.41) is 2.93. The van der Waals surface area contributed by atoms with E-state index in [2.05, 4.69) is 30.0 Å². The van der Waals surface area contributed by atoms with Gasteiger partial charge in [0.15, 0.2) is 0 Å². The highest BCUT2D eigenvalue weighted by molar-refractivity contribution is 6.10. The van der Waals surface area contributed by atoms with Gasteiger partial charge in [-0.25, -0.2) is 0 Å². The van der Waals surface area contributed by atoms with Gasteiger partial charge in [-0.05, 0) is 17.2 Å². The molecule has 1 aromatic carbocycles. The van der Waals surface area contributed by atoms with Crippen LogP contribution >= 0.6 is 0 Å². The number of allylic oxidation sites excluding steroid dienone is 4. The lowest BCUT2D eigenvalue weighted by Crippen LogP contribution is -2.22. The van der Waals surface area contributed by atoms with Gasteiger partial charge in [0.05, 0.1) is 13.2 Å². The number of hydrogen-bond donors (Lipinski definition) is 2. The molecule has 0 radical (unpaired) electrons. The molecule has 0 spiro atoms. The van der Waals surface area contributed by atoms with Gasteiger partial charge in [-0.2, -0.15) is 0 Å². The maximum absolute atomic E-state index is 5.38. The Kier molecular flexibility index (Phi) is 6.79. The van der Waals surface area contributed by atoms with Crippen molar-refractivity contribution in [1.82, 2.24) is 5.32 Å². The van der Waals surface area contributed by atoms with E-state index >= 15 is 0 Å². The summed E-state index contributed by atoms with van der Waals surface area (Å²) in [6.07, 6.45) is 5.48. The Morgan fingerprint density at radius 2 is 1.95 bits per heavy atom. The number of nitrogens with two attached hydrogens (primary N) is 1. The first-order valence-corrected chi connectivity index (χ1v) is 6.37. The summed E-state index contributed by atoms with van der Waals surface area (Å²) >= 11 is 0. The molecule has 104 valence electrons. The zero-order chi connectivity index (χ0) is 14.8. The maximum atomic E-state index is 5.38. The number of aliphatic imine (C=N–C) groups is 1. The van der Waals surface area contributed by atoms with Gasteiger partial charge in [0.25, 0.3) is 0 Å². The van der Waals surface area contributed by atoms with Gasteiger partial charge >= 0.3 is 0 Å². The molecule has 0 heterocycles. The molecule has 0 atom stereocenters. The highest BCUT2D eigenvalue weighted by Crippen LogP contribution is 2.14. The van der Waals surface area contributed by atoms with Crippen molar-refractivity contribution in [3.8, 4) is 0 Å².